The Bertz CT molecular complexity index is 641. The first kappa shape index (κ1) is 23.7. The van der Waals surface area contributed by atoms with Gasteiger partial charge in [-0.25, -0.2) is 0 Å². The standard InChI is InChI=1S/C23H35F3N2O/c1-4-5-6-7-8-9-10-11-12-18-13-15-19(16-14-18)21(23(24,25)26)28-22(2,3)17-20(29)27-28/h13-16,21H,4-12,17H2,1-3H3,(H,27,29)/t21-/m0/s1. The van der Waals surface area contributed by atoms with E-state index >= 15 is 0 Å². The molecule has 6 heteroatoms. The summed E-state index contributed by atoms with van der Waals surface area (Å²) in [7, 11) is 0. The van der Waals surface area contributed by atoms with Crippen molar-refractivity contribution >= 4 is 5.91 Å². The molecule has 1 amide bonds. The predicted octanol–water partition coefficient (Wildman–Crippen LogP) is 6.49. The van der Waals surface area contributed by atoms with Gasteiger partial charge in [-0.05, 0) is 37.8 Å². The Morgan fingerprint density at radius 1 is 1.00 bits per heavy atom. The number of unbranched alkanes of at least 4 members (excludes halogenated alkanes) is 7. The van der Waals surface area contributed by atoms with E-state index in [1.807, 2.05) is 0 Å². The van der Waals surface area contributed by atoms with E-state index in [2.05, 4.69) is 12.3 Å². The summed E-state index contributed by atoms with van der Waals surface area (Å²) in [5.74, 6) is -0.379. The summed E-state index contributed by atoms with van der Waals surface area (Å²) in [6, 6.07) is 4.85. The number of benzene rings is 1. The van der Waals surface area contributed by atoms with Gasteiger partial charge in [-0.3, -0.25) is 10.2 Å². The van der Waals surface area contributed by atoms with Crippen LogP contribution in [-0.4, -0.2) is 22.6 Å². The van der Waals surface area contributed by atoms with Crippen molar-refractivity contribution in [3.8, 4) is 0 Å². The summed E-state index contributed by atoms with van der Waals surface area (Å²) in [6.07, 6.45) is 6.35. The van der Waals surface area contributed by atoms with Gasteiger partial charge in [0.05, 0.1) is 0 Å². The number of alkyl halides is 3. The van der Waals surface area contributed by atoms with Crippen LogP contribution in [0.1, 0.15) is 95.7 Å². The molecule has 1 N–H and O–H groups in total. The smallest absolute Gasteiger partial charge is 0.287 e. The lowest BCUT2D eigenvalue weighted by molar-refractivity contribution is -0.203. The normalized spacial score (nSPS) is 18.1. The zero-order chi connectivity index (χ0) is 21.5. The number of hydrogen-bond acceptors (Lipinski definition) is 2. The second kappa shape index (κ2) is 10.5. The molecule has 0 aromatic heterocycles. The van der Waals surface area contributed by atoms with Crippen LogP contribution in [-0.2, 0) is 11.2 Å². The average molecular weight is 413 g/mol. The Balaban J connectivity index is 1.92. The van der Waals surface area contributed by atoms with Crippen LogP contribution >= 0.6 is 0 Å². The van der Waals surface area contributed by atoms with E-state index in [9.17, 15) is 18.0 Å². The molecule has 0 aliphatic carbocycles. The van der Waals surface area contributed by atoms with Gasteiger partial charge >= 0.3 is 6.18 Å². The number of carbonyl (C=O) groups is 1. The van der Waals surface area contributed by atoms with Crippen LogP contribution in [0, 0.1) is 0 Å². The van der Waals surface area contributed by atoms with Gasteiger partial charge < -0.3 is 0 Å². The van der Waals surface area contributed by atoms with Crippen molar-refractivity contribution in [3.63, 3.8) is 0 Å². The largest absolute Gasteiger partial charge is 0.409 e. The fourth-order valence-electron chi connectivity index (χ4n) is 4.03. The van der Waals surface area contributed by atoms with Crippen LogP contribution < -0.4 is 5.43 Å². The van der Waals surface area contributed by atoms with E-state index in [-0.39, 0.29) is 17.9 Å². The van der Waals surface area contributed by atoms with Crippen molar-refractivity contribution in [3.05, 3.63) is 35.4 Å². The van der Waals surface area contributed by atoms with Gasteiger partial charge in [0.25, 0.3) is 0 Å². The van der Waals surface area contributed by atoms with Gasteiger partial charge in [-0.1, -0.05) is 76.1 Å². The molecular weight excluding hydrogens is 377 g/mol. The second-order valence-electron chi connectivity index (χ2n) is 8.80. The van der Waals surface area contributed by atoms with Crippen molar-refractivity contribution in [2.24, 2.45) is 0 Å². The predicted molar refractivity (Wildman–Crippen MR) is 110 cm³/mol. The van der Waals surface area contributed by atoms with Crippen LogP contribution in [0.25, 0.3) is 0 Å². The van der Waals surface area contributed by atoms with Crippen molar-refractivity contribution in [2.45, 2.75) is 103 Å². The molecule has 1 saturated heterocycles. The quantitative estimate of drug-likeness (QED) is 0.421. The first-order chi connectivity index (χ1) is 13.6. The van der Waals surface area contributed by atoms with Crippen molar-refractivity contribution in [2.75, 3.05) is 0 Å². The Labute approximate surface area is 173 Å². The van der Waals surface area contributed by atoms with E-state index < -0.39 is 17.8 Å². The molecule has 0 spiro atoms. The molecule has 0 radical (unpaired) electrons. The van der Waals surface area contributed by atoms with Gasteiger partial charge in [-0.2, -0.15) is 18.2 Å². The maximum Gasteiger partial charge on any atom is 0.409 e. The summed E-state index contributed by atoms with van der Waals surface area (Å²) in [4.78, 5) is 11.7. The highest BCUT2D eigenvalue weighted by atomic mass is 19.4. The van der Waals surface area contributed by atoms with E-state index in [0.717, 1.165) is 29.8 Å². The number of amides is 1. The minimum atomic E-state index is -4.48. The summed E-state index contributed by atoms with van der Waals surface area (Å²) in [5.41, 5.74) is 2.73. The molecule has 29 heavy (non-hydrogen) atoms. The second-order valence-corrected chi connectivity index (χ2v) is 8.80. The molecule has 1 heterocycles. The van der Waals surface area contributed by atoms with Crippen LogP contribution in [0.15, 0.2) is 24.3 Å². The Morgan fingerprint density at radius 2 is 1.55 bits per heavy atom. The first-order valence-corrected chi connectivity index (χ1v) is 10.9. The van der Waals surface area contributed by atoms with Crippen molar-refractivity contribution in [1.29, 1.82) is 0 Å². The number of nitrogens with one attached hydrogen (secondary N) is 1. The van der Waals surface area contributed by atoms with Gasteiger partial charge in [0.1, 0.15) is 0 Å². The molecule has 0 unspecified atom stereocenters. The van der Waals surface area contributed by atoms with Gasteiger partial charge in [-0.15, -0.1) is 0 Å². The van der Waals surface area contributed by atoms with E-state index in [1.54, 1.807) is 38.1 Å². The number of carbonyl (C=O) groups excluding carboxylic acids is 1. The number of rotatable bonds is 11. The topological polar surface area (TPSA) is 32.3 Å². The zero-order valence-electron chi connectivity index (χ0n) is 17.9. The average Bonchev–Trinajstić information content (AvgIpc) is 2.89. The molecule has 0 saturated carbocycles. The third-order valence-electron chi connectivity index (χ3n) is 5.67. The molecule has 1 aliphatic rings. The van der Waals surface area contributed by atoms with Gasteiger partial charge in [0.15, 0.2) is 6.04 Å². The number of halogens is 3. The summed E-state index contributed by atoms with van der Waals surface area (Å²) >= 11 is 0. The fraction of sp³-hybridized carbons (Fsp3) is 0.696. The number of aryl methyl sites for hydroxylation is 1. The Hall–Kier alpha value is -1.56. The highest BCUT2D eigenvalue weighted by Gasteiger charge is 2.52. The molecular formula is C23H35F3N2O. The van der Waals surface area contributed by atoms with Crippen LogP contribution in [0.5, 0.6) is 0 Å². The minimum absolute atomic E-state index is 0.0517. The van der Waals surface area contributed by atoms with Gasteiger partial charge in [0.2, 0.25) is 5.91 Å². The number of nitrogens with zero attached hydrogens (tertiary/aromatic N) is 1. The zero-order valence-corrected chi connectivity index (χ0v) is 17.9. The maximum absolute atomic E-state index is 13.8. The van der Waals surface area contributed by atoms with Crippen molar-refractivity contribution < 1.29 is 18.0 Å². The van der Waals surface area contributed by atoms with E-state index in [1.165, 1.54) is 38.5 Å². The van der Waals surface area contributed by atoms with Crippen molar-refractivity contribution in [1.82, 2.24) is 10.4 Å². The first-order valence-electron chi connectivity index (χ1n) is 10.9. The Kier molecular flexibility index (Phi) is 8.56. The van der Waals surface area contributed by atoms with E-state index in [4.69, 9.17) is 0 Å². The van der Waals surface area contributed by atoms with E-state index in [0.29, 0.717) is 0 Å². The minimum Gasteiger partial charge on any atom is -0.287 e. The summed E-state index contributed by atoms with van der Waals surface area (Å²) < 4.78 is 41.5. The molecule has 1 aromatic rings. The Morgan fingerprint density at radius 3 is 2.03 bits per heavy atom. The molecule has 1 fully saturated rings. The third kappa shape index (κ3) is 7.02. The lowest BCUT2D eigenvalue weighted by atomic mass is 9.96. The molecule has 1 aromatic carbocycles. The van der Waals surface area contributed by atoms with Crippen LogP contribution in [0.4, 0.5) is 13.2 Å². The summed E-state index contributed by atoms with van der Waals surface area (Å²) in [5, 5.41) is 1.06. The molecule has 164 valence electrons. The molecule has 3 nitrogen and oxygen atoms in total. The third-order valence-corrected chi connectivity index (χ3v) is 5.67. The SMILES string of the molecule is CCCCCCCCCCc1ccc([C@H](N2NC(=O)CC2(C)C)C(F)(F)F)cc1. The van der Waals surface area contributed by atoms with Gasteiger partial charge in [0, 0.05) is 12.0 Å². The highest BCUT2D eigenvalue weighted by Crippen LogP contribution is 2.42. The summed E-state index contributed by atoms with van der Waals surface area (Å²) in [6.45, 7) is 5.52. The highest BCUT2D eigenvalue weighted by molar-refractivity contribution is 5.79. The molecule has 2 rings (SSSR count). The number of hydrazine groups is 1. The maximum atomic E-state index is 13.8. The number of hydrogen-bond donors (Lipinski definition) is 1. The fourth-order valence-corrected chi connectivity index (χ4v) is 4.03. The van der Waals surface area contributed by atoms with Crippen LogP contribution in [0.3, 0.4) is 0 Å². The molecule has 1 atom stereocenters. The molecule has 0 bridgehead atoms. The lowest BCUT2D eigenvalue weighted by Crippen LogP contribution is -2.51. The molecule has 1 aliphatic heterocycles. The lowest BCUT2D eigenvalue weighted by Gasteiger charge is -2.38. The monoisotopic (exact) mass is 412 g/mol. The van der Waals surface area contributed by atoms with Crippen LogP contribution in [0.2, 0.25) is 0 Å².